The maximum Gasteiger partial charge on any atom is 0.0678 e. The Bertz CT molecular complexity index is 238. The van der Waals surface area contributed by atoms with Gasteiger partial charge in [-0.2, -0.15) is 0 Å². The van der Waals surface area contributed by atoms with Crippen LogP contribution < -0.4 is 10.2 Å². The van der Waals surface area contributed by atoms with Crippen LogP contribution in [-0.2, 0) is 9.59 Å². The van der Waals surface area contributed by atoms with Crippen LogP contribution in [0.2, 0.25) is 0 Å². The van der Waals surface area contributed by atoms with E-state index in [9.17, 15) is 19.8 Å². The van der Waals surface area contributed by atoms with E-state index in [0.717, 1.165) is 0 Å². The zero-order valence-corrected chi connectivity index (χ0v) is 7.75. The van der Waals surface area contributed by atoms with Crippen molar-refractivity contribution in [3.05, 3.63) is 12.2 Å². The van der Waals surface area contributed by atoms with Gasteiger partial charge in [-0.3, -0.25) is 0 Å². The molecule has 0 atom stereocenters. The lowest BCUT2D eigenvalue weighted by atomic mass is 9.76. The molecule has 0 spiro atoms. The highest BCUT2D eigenvalue weighted by molar-refractivity contribution is 5.94. The maximum atomic E-state index is 10.8. The number of aliphatic carboxylic acids is 2. The Morgan fingerprint density at radius 2 is 1.62 bits per heavy atom. The first-order valence-corrected chi connectivity index (χ1v) is 4.04. The summed E-state index contributed by atoms with van der Waals surface area (Å²) in [6.45, 7) is 6.36. The van der Waals surface area contributed by atoms with Gasteiger partial charge in [-0.25, -0.2) is 0 Å². The van der Waals surface area contributed by atoms with Crippen LogP contribution in [0.5, 0.6) is 0 Å². The summed E-state index contributed by atoms with van der Waals surface area (Å²) >= 11 is 0. The summed E-state index contributed by atoms with van der Waals surface area (Å²) < 4.78 is 0. The smallest absolute Gasteiger partial charge is 0.0678 e. The second kappa shape index (κ2) is 4.07. The normalized spacial score (nSPS) is 10.9. The molecule has 0 aromatic carbocycles. The molecule has 0 aliphatic rings. The molecule has 0 N–H and O–H groups in total. The van der Waals surface area contributed by atoms with Crippen molar-refractivity contribution >= 4 is 11.9 Å². The van der Waals surface area contributed by atoms with Gasteiger partial charge in [-0.15, -0.1) is 0 Å². The minimum absolute atomic E-state index is 0.138. The van der Waals surface area contributed by atoms with Gasteiger partial charge >= 0.3 is 0 Å². The number of carbonyl (C=O) groups is 2. The Hall–Kier alpha value is -1.32. The second-order valence-corrected chi connectivity index (χ2v) is 2.84. The molecule has 0 fully saturated rings. The van der Waals surface area contributed by atoms with Crippen molar-refractivity contribution in [1.82, 2.24) is 0 Å². The fourth-order valence-corrected chi connectivity index (χ4v) is 1.28. The van der Waals surface area contributed by atoms with Crippen LogP contribution in [0, 0.1) is 5.41 Å². The largest absolute Gasteiger partial charge is 0.549 e. The number of rotatable bonds is 5. The van der Waals surface area contributed by atoms with E-state index in [4.69, 9.17) is 0 Å². The summed E-state index contributed by atoms with van der Waals surface area (Å²) in [5, 5.41) is 21.2. The Kier molecular flexibility index (Phi) is 3.66. The van der Waals surface area contributed by atoms with E-state index in [1.165, 1.54) is 0 Å². The number of hydrogen-bond donors (Lipinski definition) is 0. The van der Waals surface area contributed by atoms with Crippen molar-refractivity contribution < 1.29 is 19.8 Å². The maximum absolute atomic E-state index is 10.8. The minimum Gasteiger partial charge on any atom is -0.549 e. The van der Waals surface area contributed by atoms with E-state index < -0.39 is 22.9 Å². The standard InChI is InChI=1S/C9H14O4/c1-4-9(5-2,8(12)13)6(3)7(10)11/h3-5H2,1-2H3,(H,10,11)(H,12,13)/p-2. The third-order valence-electron chi connectivity index (χ3n) is 2.42. The van der Waals surface area contributed by atoms with Gasteiger partial charge < -0.3 is 19.8 Å². The van der Waals surface area contributed by atoms with Gasteiger partial charge in [0, 0.05) is 5.41 Å². The Morgan fingerprint density at radius 3 is 1.69 bits per heavy atom. The Balaban J connectivity index is 5.10. The van der Waals surface area contributed by atoms with Gasteiger partial charge in [0.25, 0.3) is 0 Å². The van der Waals surface area contributed by atoms with Gasteiger partial charge in [-0.1, -0.05) is 20.4 Å². The molecular weight excluding hydrogens is 172 g/mol. The van der Waals surface area contributed by atoms with Crippen LogP contribution in [0.15, 0.2) is 12.2 Å². The van der Waals surface area contributed by atoms with Crippen LogP contribution in [-0.4, -0.2) is 11.9 Å². The number of hydrogen-bond acceptors (Lipinski definition) is 4. The van der Waals surface area contributed by atoms with Gasteiger partial charge in [0.05, 0.1) is 11.9 Å². The third-order valence-corrected chi connectivity index (χ3v) is 2.42. The lowest BCUT2D eigenvalue weighted by Gasteiger charge is -2.35. The van der Waals surface area contributed by atoms with Crippen molar-refractivity contribution in [2.24, 2.45) is 5.41 Å². The fourth-order valence-electron chi connectivity index (χ4n) is 1.28. The minimum atomic E-state index is -1.53. The third kappa shape index (κ3) is 1.88. The molecule has 4 heteroatoms. The molecule has 0 bridgehead atoms. The lowest BCUT2D eigenvalue weighted by molar-refractivity contribution is -0.322. The molecule has 0 aliphatic carbocycles. The van der Waals surface area contributed by atoms with E-state index >= 15 is 0 Å². The van der Waals surface area contributed by atoms with Gasteiger partial charge in [0.2, 0.25) is 0 Å². The SMILES string of the molecule is C=C(C(=O)[O-])C(CC)(CC)C(=O)[O-]. The molecule has 0 radical (unpaired) electrons. The molecule has 0 saturated carbocycles. The van der Waals surface area contributed by atoms with Crippen molar-refractivity contribution in [2.45, 2.75) is 26.7 Å². The molecule has 0 aromatic heterocycles. The molecule has 4 nitrogen and oxygen atoms in total. The molecule has 74 valence electrons. The zero-order chi connectivity index (χ0) is 10.6. The van der Waals surface area contributed by atoms with E-state index in [0.29, 0.717) is 0 Å². The summed E-state index contributed by atoms with van der Waals surface area (Å²) in [6.07, 6.45) is 0.275. The molecule has 0 aromatic rings. The number of carboxylic acid groups (broad SMARTS) is 2. The zero-order valence-electron chi connectivity index (χ0n) is 7.75. The summed E-state index contributed by atoms with van der Waals surface area (Å²) in [7, 11) is 0. The number of carboxylic acids is 2. The molecule has 0 aliphatic heterocycles. The van der Waals surface area contributed by atoms with Gasteiger partial charge in [0.15, 0.2) is 0 Å². The van der Waals surface area contributed by atoms with Crippen LogP contribution in [0.3, 0.4) is 0 Å². The van der Waals surface area contributed by atoms with Crippen molar-refractivity contribution in [2.75, 3.05) is 0 Å². The summed E-state index contributed by atoms with van der Waals surface area (Å²) in [5.74, 6) is -2.94. The molecule has 13 heavy (non-hydrogen) atoms. The summed E-state index contributed by atoms with van der Waals surface area (Å²) in [5.41, 5.74) is -1.91. The molecule has 0 unspecified atom stereocenters. The summed E-state index contributed by atoms with van der Waals surface area (Å²) in [6, 6.07) is 0. The first-order chi connectivity index (χ1) is 5.92. The predicted molar refractivity (Wildman–Crippen MR) is 42.2 cm³/mol. The molecule has 0 heterocycles. The average Bonchev–Trinajstić information content (AvgIpc) is 2.06. The van der Waals surface area contributed by atoms with Crippen LogP contribution in [0.4, 0.5) is 0 Å². The second-order valence-electron chi connectivity index (χ2n) is 2.84. The van der Waals surface area contributed by atoms with Gasteiger partial charge in [0.1, 0.15) is 0 Å². The highest BCUT2D eigenvalue weighted by Crippen LogP contribution is 2.33. The predicted octanol–water partition coefficient (Wildman–Crippen LogP) is -1.15. The van der Waals surface area contributed by atoms with Crippen LogP contribution in [0.25, 0.3) is 0 Å². The van der Waals surface area contributed by atoms with Crippen molar-refractivity contribution in [1.29, 1.82) is 0 Å². The Morgan fingerprint density at radius 1 is 1.23 bits per heavy atom. The monoisotopic (exact) mass is 184 g/mol. The lowest BCUT2D eigenvalue weighted by Crippen LogP contribution is -2.47. The highest BCUT2D eigenvalue weighted by Gasteiger charge is 2.31. The molecule has 0 saturated heterocycles. The topological polar surface area (TPSA) is 80.3 Å². The van der Waals surface area contributed by atoms with Crippen molar-refractivity contribution in [3.63, 3.8) is 0 Å². The van der Waals surface area contributed by atoms with Crippen LogP contribution in [0.1, 0.15) is 26.7 Å². The summed E-state index contributed by atoms with van der Waals surface area (Å²) in [4.78, 5) is 21.2. The van der Waals surface area contributed by atoms with E-state index in [1.54, 1.807) is 13.8 Å². The van der Waals surface area contributed by atoms with E-state index in [1.807, 2.05) is 0 Å². The van der Waals surface area contributed by atoms with Gasteiger partial charge in [-0.05, 0) is 18.4 Å². The number of carbonyl (C=O) groups excluding carboxylic acids is 2. The van der Waals surface area contributed by atoms with Crippen molar-refractivity contribution in [3.8, 4) is 0 Å². The fraction of sp³-hybridized carbons (Fsp3) is 0.556. The average molecular weight is 184 g/mol. The Labute approximate surface area is 76.9 Å². The first kappa shape index (κ1) is 11.7. The molecular formula is C9H12O4-2. The molecule has 0 rings (SSSR count). The first-order valence-electron chi connectivity index (χ1n) is 4.04. The highest BCUT2D eigenvalue weighted by atomic mass is 16.4. The van der Waals surface area contributed by atoms with E-state index in [2.05, 4.69) is 6.58 Å². The molecule has 0 amide bonds. The van der Waals surface area contributed by atoms with Crippen LogP contribution >= 0.6 is 0 Å². The quantitative estimate of drug-likeness (QED) is 0.505. The van der Waals surface area contributed by atoms with E-state index in [-0.39, 0.29) is 12.8 Å².